The highest BCUT2D eigenvalue weighted by Gasteiger charge is 2.40. The second-order valence-corrected chi connectivity index (χ2v) is 3.90. The molecule has 0 saturated heterocycles. The molecule has 1 aromatic rings. The molecule has 13 heavy (non-hydrogen) atoms. The fourth-order valence-corrected chi connectivity index (χ4v) is 1.93. The SMILES string of the molecule is CC1CC1C(NN)c1ccnn1C. The molecule has 3 unspecified atom stereocenters. The summed E-state index contributed by atoms with van der Waals surface area (Å²) in [7, 11) is 1.95. The number of hydrogen-bond acceptors (Lipinski definition) is 3. The minimum atomic E-state index is 0.266. The molecule has 4 heteroatoms. The molecular formula is C9H16N4. The van der Waals surface area contributed by atoms with E-state index in [-0.39, 0.29) is 6.04 Å². The van der Waals surface area contributed by atoms with Gasteiger partial charge in [0.2, 0.25) is 0 Å². The monoisotopic (exact) mass is 180 g/mol. The maximum atomic E-state index is 5.54. The van der Waals surface area contributed by atoms with Crippen LogP contribution in [0, 0.1) is 11.8 Å². The maximum Gasteiger partial charge on any atom is 0.0659 e. The Kier molecular flexibility index (Phi) is 2.09. The summed E-state index contributed by atoms with van der Waals surface area (Å²) in [5.41, 5.74) is 4.05. The lowest BCUT2D eigenvalue weighted by atomic mass is 10.1. The van der Waals surface area contributed by atoms with Gasteiger partial charge in [0, 0.05) is 13.2 Å². The van der Waals surface area contributed by atoms with Crippen molar-refractivity contribution in [3.63, 3.8) is 0 Å². The van der Waals surface area contributed by atoms with Crippen molar-refractivity contribution in [3.05, 3.63) is 18.0 Å². The highest BCUT2D eigenvalue weighted by atomic mass is 15.3. The van der Waals surface area contributed by atoms with Crippen LogP contribution in [0.25, 0.3) is 0 Å². The molecule has 3 atom stereocenters. The Hall–Kier alpha value is -0.870. The van der Waals surface area contributed by atoms with Gasteiger partial charge in [-0.05, 0) is 24.3 Å². The van der Waals surface area contributed by atoms with E-state index >= 15 is 0 Å². The van der Waals surface area contributed by atoms with Gasteiger partial charge in [0.1, 0.15) is 0 Å². The highest BCUT2D eigenvalue weighted by molar-refractivity contribution is 5.11. The average molecular weight is 180 g/mol. The quantitative estimate of drug-likeness (QED) is 0.528. The Balaban J connectivity index is 2.17. The van der Waals surface area contributed by atoms with Crippen LogP contribution in [0.5, 0.6) is 0 Å². The van der Waals surface area contributed by atoms with Crippen LogP contribution < -0.4 is 11.3 Å². The lowest BCUT2D eigenvalue weighted by Crippen LogP contribution is -2.31. The summed E-state index contributed by atoms with van der Waals surface area (Å²) in [5, 5.41) is 4.14. The van der Waals surface area contributed by atoms with Crippen molar-refractivity contribution in [1.82, 2.24) is 15.2 Å². The lowest BCUT2D eigenvalue weighted by molar-refractivity contribution is 0.445. The van der Waals surface area contributed by atoms with Crippen molar-refractivity contribution >= 4 is 0 Å². The number of hydrogen-bond donors (Lipinski definition) is 2. The molecule has 0 radical (unpaired) electrons. The molecule has 1 saturated carbocycles. The maximum absolute atomic E-state index is 5.54. The van der Waals surface area contributed by atoms with Crippen LogP contribution in [0.4, 0.5) is 0 Å². The summed E-state index contributed by atoms with van der Waals surface area (Å²) in [4.78, 5) is 0. The van der Waals surface area contributed by atoms with E-state index in [2.05, 4.69) is 17.4 Å². The summed E-state index contributed by atoms with van der Waals surface area (Å²) >= 11 is 0. The fourth-order valence-electron chi connectivity index (χ4n) is 1.93. The van der Waals surface area contributed by atoms with E-state index in [1.165, 1.54) is 12.1 Å². The number of hydrazine groups is 1. The average Bonchev–Trinajstić information content (AvgIpc) is 2.65. The van der Waals surface area contributed by atoms with Gasteiger partial charge >= 0.3 is 0 Å². The van der Waals surface area contributed by atoms with E-state index < -0.39 is 0 Å². The second kappa shape index (κ2) is 3.12. The molecule has 2 rings (SSSR count). The number of aryl methyl sites for hydroxylation is 1. The van der Waals surface area contributed by atoms with Crippen LogP contribution in [0.3, 0.4) is 0 Å². The van der Waals surface area contributed by atoms with Crippen LogP contribution in [0.1, 0.15) is 25.1 Å². The number of nitrogens with zero attached hydrogens (tertiary/aromatic N) is 2. The first kappa shape index (κ1) is 8.72. The Morgan fingerprint density at radius 3 is 2.85 bits per heavy atom. The zero-order chi connectivity index (χ0) is 9.42. The topological polar surface area (TPSA) is 55.9 Å². The molecule has 0 aliphatic heterocycles. The Bertz CT molecular complexity index is 294. The molecule has 0 amide bonds. The first-order chi connectivity index (χ1) is 6.24. The summed E-state index contributed by atoms with van der Waals surface area (Å²) in [6.07, 6.45) is 3.08. The largest absolute Gasteiger partial charge is 0.271 e. The normalized spacial score (nSPS) is 28.8. The Labute approximate surface area is 78.1 Å². The van der Waals surface area contributed by atoms with Gasteiger partial charge in [0.25, 0.3) is 0 Å². The highest BCUT2D eigenvalue weighted by Crippen LogP contribution is 2.46. The molecule has 4 nitrogen and oxygen atoms in total. The van der Waals surface area contributed by atoms with E-state index in [9.17, 15) is 0 Å². The first-order valence-electron chi connectivity index (χ1n) is 4.68. The van der Waals surface area contributed by atoms with Crippen LogP contribution in [-0.2, 0) is 7.05 Å². The van der Waals surface area contributed by atoms with Crippen molar-refractivity contribution in [3.8, 4) is 0 Å². The summed E-state index contributed by atoms with van der Waals surface area (Å²) in [6.45, 7) is 2.26. The number of rotatable bonds is 3. The molecule has 0 bridgehead atoms. The number of aromatic nitrogens is 2. The molecule has 1 aliphatic rings. The zero-order valence-corrected chi connectivity index (χ0v) is 8.07. The van der Waals surface area contributed by atoms with Gasteiger partial charge in [-0.2, -0.15) is 5.10 Å². The van der Waals surface area contributed by atoms with Crippen molar-refractivity contribution < 1.29 is 0 Å². The Morgan fingerprint density at radius 1 is 1.77 bits per heavy atom. The van der Waals surface area contributed by atoms with E-state index in [0.717, 1.165) is 5.92 Å². The van der Waals surface area contributed by atoms with Crippen molar-refractivity contribution in [2.24, 2.45) is 24.7 Å². The molecule has 0 aromatic carbocycles. The standard InChI is InChI=1S/C9H16N4/c1-6-5-7(6)9(12-10)8-3-4-11-13(8)2/h3-4,6-7,9,12H,5,10H2,1-2H3. The molecular weight excluding hydrogens is 164 g/mol. The fraction of sp³-hybridized carbons (Fsp3) is 0.667. The second-order valence-electron chi connectivity index (χ2n) is 3.90. The van der Waals surface area contributed by atoms with E-state index in [1.807, 2.05) is 24.0 Å². The van der Waals surface area contributed by atoms with Gasteiger partial charge in [-0.1, -0.05) is 6.92 Å². The summed E-state index contributed by atoms with van der Waals surface area (Å²) < 4.78 is 1.88. The molecule has 1 heterocycles. The van der Waals surface area contributed by atoms with Gasteiger partial charge in [0.05, 0.1) is 11.7 Å². The van der Waals surface area contributed by atoms with Crippen LogP contribution >= 0.6 is 0 Å². The van der Waals surface area contributed by atoms with Gasteiger partial charge < -0.3 is 0 Å². The predicted molar refractivity (Wildman–Crippen MR) is 50.5 cm³/mol. The van der Waals surface area contributed by atoms with Crippen molar-refractivity contribution in [2.75, 3.05) is 0 Å². The van der Waals surface area contributed by atoms with Crippen molar-refractivity contribution in [1.29, 1.82) is 0 Å². The van der Waals surface area contributed by atoms with E-state index in [1.54, 1.807) is 0 Å². The molecule has 3 N–H and O–H groups in total. The molecule has 72 valence electrons. The number of nitrogens with one attached hydrogen (secondary N) is 1. The summed E-state index contributed by atoms with van der Waals surface area (Å²) in [6, 6.07) is 2.29. The molecule has 1 aliphatic carbocycles. The van der Waals surface area contributed by atoms with Crippen LogP contribution in [0.2, 0.25) is 0 Å². The minimum absolute atomic E-state index is 0.266. The van der Waals surface area contributed by atoms with E-state index in [0.29, 0.717) is 5.92 Å². The van der Waals surface area contributed by atoms with Crippen LogP contribution in [-0.4, -0.2) is 9.78 Å². The van der Waals surface area contributed by atoms with Crippen LogP contribution in [0.15, 0.2) is 12.3 Å². The van der Waals surface area contributed by atoms with Gasteiger partial charge in [-0.25, -0.2) is 0 Å². The smallest absolute Gasteiger partial charge is 0.0659 e. The predicted octanol–water partition coefficient (Wildman–Crippen LogP) is 0.581. The third-order valence-electron chi connectivity index (χ3n) is 2.96. The van der Waals surface area contributed by atoms with E-state index in [4.69, 9.17) is 5.84 Å². The zero-order valence-electron chi connectivity index (χ0n) is 8.07. The molecule has 0 spiro atoms. The summed E-state index contributed by atoms with van der Waals surface area (Å²) in [5.74, 6) is 7.01. The lowest BCUT2D eigenvalue weighted by Gasteiger charge is -2.15. The van der Waals surface area contributed by atoms with Crippen molar-refractivity contribution in [2.45, 2.75) is 19.4 Å². The first-order valence-corrected chi connectivity index (χ1v) is 4.68. The van der Waals surface area contributed by atoms with Gasteiger partial charge in [0.15, 0.2) is 0 Å². The van der Waals surface area contributed by atoms with Gasteiger partial charge in [-0.15, -0.1) is 0 Å². The molecule has 1 fully saturated rings. The Morgan fingerprint density at radius 2 is 2.46 bits per heavy atom. The third-order valence-corrected chi connectivity index (χ3v) is 2.96. The van der Waals surface area contributed by atoms with Gasteiger partial charge in [-0.3, -0.25) is 16.0 Å². The third kappa shape index (κ3) is 1.47. The molecule has 1 aromatic heterocycles. The minimum Gasteiger partial charge on any atom is -0.271 e. The number of nitrogens with two attached hydrogens (primary N) is 1.